The summed E-state index contributed by atoms with van der Waals surface area (Å²) in [6.45, 7) is 0. The summed E-state index contributed by atoms with van der Waals surface area (Å²) in [5.74, 6) is 0.793. The Hall–Kier alpha value is -1.98. The predicted octanol–water partition coefficient (Wildman–Crippen LogP) is -0.156. The zero-order chi connectivity index (χ0) is 8.39. The van der Waals surface area contributed by atoms with Crippen LogP contribution in [0.1, 0.15) is 0 Å². The number of nitrogens with one attached hydrogen (secondary N) is 1. The van der Waals surface area contributed by atoms with Crippen LogP contribution >= 0.6 is 0 Å². The fraction of sp³-hybridized carbons (Fsp3) is 0. The molecule has 6 nitrogen and oxygen atoms in total. The molecule has 0 radical (unpaired) electrons. The number of hydrogen-bond donors (Lipinski definition) is 2. The average Bonchev–Trinajstić information content (AvgIpc) is 2.54. The van der Waals surface area contributed by atoms with Crippen molar-refractivity contribution in [1.82, 2.24) is 25.1 Å². The Bertz CT molecular complexity index is 367. The van der Waals surface area contributed by atoms with Crippen LogP contribution in [0.5, 0.6) is 0 Å². The minimum Gasteiger partial charge on any atom is -0.368 e. The monoisotopic (exact) mass is 162 g/mol. The van der Waals surface area contributed by atoms with Gasteiger partial charge in [-0.15, -0.1) is 0 Å². The smallest absolute Gasteiger partial charge is 0.216 e. The molecule has 2 aromatic rings. The third kappa shape index (κ3) is 1.09. The third-order valence-electron chi connectivity index (χ3n) is 1.32. The Morgan fingerprint density at radius 1 is 1.25 bits per heavy atom. The SMILES string of the molecule is Nc1nc(-c2cncnc2)n[nH]1. The molecule has 0 aliphatic carbocycles. The van der Waals surface area contributed by atoms with E-state index in [0.29, 0.717) is 5.82 Å². The highest BCUT2D eigenvalue weighted by atomic mass is 15.3. The average molecular weight is 162 g/mol. The Morgan fingerprint density at radius 3 is 2.58 bits per heavy atom. The predicted molar refractivity (Wildman–Crippen MR) is 41.8 cm³/mol. The van der Waals surface area contributed by atoms with Crippen LogP contribution in [0.2, 0.25) is 0 Å². The minimum atomic E-state index is 0.286. The van der Waals surface area contributed by atoms with E-state index in [0.717, 1.165) is 5.56 Å². The maximum Gasteiger partial charge on any atom is 0.216 e. The van der Waals surface area contributed by atoms with E-state index in [1.165, 1.54) is 6.33 Å². The van der Waals surface area contributed by atoms with Gasteiger partial charge in [0.15, 0.2) is 5.82 Å². The van der Waals surface area contributed by atoms with Crippen LogP contribution < -0.4 is 5.73 Å². The van der Waals surface area contributed by atoms with Crippen LogP contribution in [0.15, 0.2) is 18.7 Å². The number of aromatic amines is 1. The van der Waals surface area contributed by atoms with Crippen molar-refractivity contribution >= 4 is 5.95 Å². The van der Waals surface area contributed by atoms with Gasteiger partial charge >= 0.3 is 0 Å². The summed E-state index contributed by atoms with van der Waals surface area (Å²) in [4.78, 5) is 11.6. The summed E-state index contributed by atoms with van der Waals surface area (Å²) in [6, 6.07) is 0. The first-order valence-corrected chi connectivity index (χ1v) is 3.29. The number of H-pyrrole nitrogens is 1. The number of nitrogens with two attached hydrogens (primary N) is 1. The van der Waals surface area contributed by atoms with Crippen LogP contribution in [0.4, 0.5) is 5.95 Å². The lowest BCUT2D eigenvalue weighted by molar-refractivity contribution is 1.09. The topological polar surface area (TPSA) is 93.4 Å². The van der Waals surface area contributed by atoms with E-state index in [2.05, 4.69) is 25.1 Å². The molecule has 0 amide bonds. The Labute approximate surface area is 67.9 Å². The van der Waals surface area contributed by atoms with Gasteiger partial charge in [0.2, 0.25) is 5.95 Å². The Kier molecular flexibility index (Phi) is 1.44. The van der Waals surface area contributed by atoms with Gasteiger partial charge < -0.3 is 5.73 Å². The fourth-order valence-corrected chi connectivity index (χ4v) is 0.818. The highest BCUT2D eigenvalue weighted by Gasteiger charge is 2.02. The standard InChI is InChI=1S/C6H6N6/c7-6-10-5(11-12-6)4-1-8-3-9-2-4/h1-3H,(H3,7,10,11,12). The molecule has 0 fully saturated rings. The van der Waals surface area contributed by atoms with E-state index in [1.807, 2.05) is 0 Å². The molecule has 0 atom stereocenters. The molecular formula is C6H6N6. The molecule has 2 heterocycles. The largest absolute Gasteiger partial charge is 0.368 e. The first-order chi connectivity index (χ1) is 5.86. The van der Waals surface area contributed by atoms with E-state index in [4.69, 9.17) is 5.73 Å². The maximum absolute atomic E-state index is 5.35. The van der Waals surface area contributed by atoms with E-state index >= 15 is 0 Å². The van der Waals surface area contributed by atoms with Crippen molar-refractivity contribution in [3.05, 3.63) is 18.7 Å². The second-order valence-corrected chi connectivity index (χ2v) is 2.17. The number of rotatable bonds is 1. The zero-order valence-electron chi connectivity index (χ0n) is 6.10. The van der Waals surface area contributed by atoms with Gasteiger partial charge in [-0.2, -0.15) is 10.1 Å². The van der Waals surface area contributed by atoms with Crippen molar-refractivity contribution in [3.8, 4) is 11.4 Å². The van der Waals surface area contributed by atoms with Crippen LogP contribution in [-0.2, 0) is 0 Å². The van der Waals surface area contributed by atoms with Crippen LogP contribution in [-0.4, -0.2) is 25.1 Å². The molecule has 3 N–H and O–H groups in total. The minimum absolute atomic E-state index is 0.286. The lowest BCUT2D eigenvalue weighted by Crippen LogP contribution is -1.86. The summed E-state index contributed by atoms with van der Waals surface area (Å²) in [7, 11) is 0. The molecule has 0 saturated heterocycles. The molecular weight excluding hydrogens is 156 g/mol. The third-order valence-corrected chi connectivity index (χ3v) is 1.32. The van der Waals surface area contributed by atoms with Gasteiger partial charge in [0.25, 0.3) is 0 Å². The number of anilines is 1. The number of nitrogen functional groups attached to an aromatic ring is 1. The fourth-order valence-electron chi connectivity index (χ4n) is 0.818. The van der Waals surface area contributed by atoms with Crippen molar-refractivity contribution in [2.24, 2.45) is 0 Å². The maximum atomic E-state index is 5.35. The molecule has 12 heavy (non-hydrogen) atoms. The second-order valence-electron chi connectivity index (χ2n) is 2.17. The quantitative estimate of drug-likeness (QED) is 0.607. The first kappa shape index (κ1) is 6.71. The van der Waals surface area contributed by atoms with Crippen molar-refractivity contribution in [2.75, 3.05) is 5.73 Å². The normalized spacial score (nSPS) is 10.0. The van der Waals surface area contributed by atoms with Gasteiger partial charge in [-0.25, -0.2) is 15.1 Å². The highest BCUT2D eigenvalue weighted by molar-refractivity contribution is 5.52. The molecule has 6 heteroatoms. The van der Waals surface area contributed by atoms with Crippen molar-refractivity contribution < 1.29 is 0 Å². The highest BCUT2D eigenvalue weighted by Crippen LogP contribution is 2.10. The molecule has 0 aliphatic heterocycles. The molecule has 60 valence electrons. The number of nitrogens with zero attached hydrogens (tertiary/aromatic N) is 4. The van der Waals surface area contributed by atoms with Gasteiger partial charge in [0.1, 0.15) is 6.33 Å². The zero-order valence-corrected chi connectivity index (χ0v) is 6.10. The Morgan fingerprint density at radius 2 is 2.00 bits per heavy atom. The summed E-state index contributed by atoms with van der Waals surface area (Å²) in [5, 5.41) is 6.37. The number of hydrogen-bond acceptors (Lipinski definition) is 5. The lowest BCUT2D eigenvalue weighted by atomic mass is 10.3. The molecule has 0 aromatic carbocycles. The summed E-state index contributed by atoms with van der Waals surface area (Å²) >= 11 is 0. The van der Waals surface area contributed by atoms with E-state index < -0.39 is 0 Å². The van der Waals surface area contributed by atoms with Crippen molar-refractivity contribution in [2.45, 2.75) is 0 Å². The summed E-state index contributed by atoms with van der Waals surface area (Å²) < 4.78 is 0. The van der Waals surface area contributed by atoms with Gasteiger partial charge in [0, 0.05) is 12.4 Å². The van der Waals surface area contributed by atoms with Crippen molar-refractivity contribution in [3.63, 3.8) is 0 Å². The molecule has 0 aliphatic rings. The van der Waals surface area contributed by atoms with E-state index in [9.17, 15) is 0 Å². The molecule has 0 unspecified atom stereocenters. The van der Waals surface area contributed by atoms with Gasteiger partial charge in [-0.3, -0.25) is 0 Å². The first-order valence-electron chi connectivity index (χ1n) is 3.29. The molecule has 0 saturated carbocycles. The second kappa shape index (κ2) is 2.57. The van der Waals surface area contributed by atoms with Crippen LogP contribution in [0.3, 0.4) is 0 Å². The summed E-state index contributed by atoms with van der Waals surface area (Å²) in [6.07, 6.45) is 4.69. The molecule has 2 rings (SSSR count). The Balaban J connectivity index is 2.45. The number of aromatic nitrogens is 5. The van der Waals surface area contributed by atoms with E-state index in [-0.39, 0.29) is 5.95 Å². The summed E-state index contributed by atoms with van der Waals surface area (Å²) in [5.41, 5.74) is 6.09. The lowest BCUT2D eigenvalue weighted by Gasteiger charge is -1.89. The molecule has 0 bridgehead atoms. The van der Waals surface area contributed by atoms with Crippen LogP contribution in [0, 0.1) is 0 Å². The molecule has 2 aromatic heterocycles. The van der Waals surface area contributed by atoms with Gasteiger partial charge in [-0.1, -0.05) is 0 Å². The van der Waals surface area contributed by atoms with E-state index in [1.54, 1.807) is 12.4 Å². The van der Waals surface area contributed by atoms with Gasteiger partial charge in [0.05, 0.1) is 5.56 Å². The molecule has 0 spiro atoms. The van der Waals surface area contributed by atoms with Crippen molar-refractivity contribution in [1.29, 1.82) is 0 Å². The van der Waals surface area contributed by atoms with Crippen LogP contribution in [0.25, 0.3) is 11.4 Å². The van der Waals surface area contributed by atoms with Gasteiger partial charge in [-0.05, 0) is 0 Å².